The Hall–Kier alpha value is -1.26. The quantitative estimate of drug-likeness (QED) is 0.680. The first-order chi connectivity index (χ1) is 8.49. The van der Waals surface area contributed by atoms with Gasteiger partial charge in [-0.1, -0.05) is 26.7 Å². The Labute approximate surface area is 108 Å². The minimum absolute atomic E-state index is 0.237. The van der Waals surface area contributed by atoms with Crippen LogP contribution in [0.3, 0.4) is 0 Å². The molecule has 0 bridgehead atoms. The van der Waals surface area contributed by atoms with Crippen LogP contribution in [0.2, 0.25) is 0 Å². The fourth-order valence-electron chi connectivity index (χ4n) is 2.35. The van der Waals surface area contributed by atoms with Crippen molar-refractivity contribution in [3.8, 4) is 0 Å². The van der Waals surface area contributed by atoms with E-state index in [0.29, 0.717) is 18.9 Å². The van der Waals surface area contributed by atoms with Crippen molar-refractivity contribution in [1.29, 1.82) is 0 Å². The maximum Gasteiger partial charge on any atom is 0.326 e. The third-order valence-corrected chi connectivity index (χ3v) is 3.34. The van der Waals surface area contributed by atoms with Gasteiger partial charge >= 0.3 is 12.0 Å². The molecule has 2 amide bonds. The summed E-state index contributed by atoms with van der Waals surface area (Å²) < 4.78 is 0. The van der Waals surface area contributed by atoms with Crippen molar-refractivity contribution in [2.45, 2.75) is 52.0 Å². The number of nitrogens with one attached hydrogen (secondary N) is 2. The van der Waals surface area contributed by atoms with Crippen LogP contribution in [0.15, 0.2) is 0 Å². The van der Waals surface area contributed by atoms with Gasteiger partial charge in [0.15, 0.2) is 0 Å². The van der Waals surface area contributed by atoms with Crippen molar-refractivity contribution in [3.05, 3.63) is 0 Å². The highest BCUT2D eigenvalue weighted by molar-refractivity contribution is 5.82. The molecule has 1 fully saturated rings. The number of carbonyl (C=O) groups excluding carboxylic acids is 1. The van der Waals surface area contributed by atoms with Crippen LogP contribution in [0.5, 0.6) is 0 Å². The van der Waals surface area contributed by atoms with Crippen LogP contribution >= 0.6 is 0 Å². The van der Waals surface area contributed by atoms with E-state index in [0.717, 1.165) is 12.8 Å². The molecule has 0 aromatic rings. The van der Waals surface area contributed by atoms with E-state index in [1.807, 2.05) is 13.8 Å². The normalized spacial score (nSPS) is 17.7. The molecular weight excluding hydrogens is 232 g/mol. The van der Waals surface area contributed by atoms with Crippen molar-refractivity contribution >= 4 is 12.0 Å². The number of hydrogen-bond donors (Lipinski definition) is 3. The summed E-state index contributed by atoms with van der Waals surface area (Å²) in [5.41, 5.74) is 0. The summed E-state index contributed by atoms with van der Waals surface area (Å²) in [7, 11) is 0. The lowest BCUT2D eigenvalue weighted by atomic mass is 10.0. The van der Waals surface area contributed by atoms with Gasteiger partial charge in [0.25, 0.3) is 0 Å². The fourth-order valence-corrected chi connectivity index (χ4v) is 2.35. The Morgan fingerprint density at radius 1 is 1.28 bits per heavy atom. The second-order valence-electron chi connectivity index (χ2n) is 5.53. The van der Waals surface area contributed by atoms with E-state index in [1.54, 1.807) is 0 Å². The van der Waals surface area contributed by atoms with Gasteiger partial charge in [-0.2, -0.15) is 0 Å². The highest BCUT2D eigenvalue weighted by Crippen LogP contribution is 2.23. The number of urea groups is 1. The molecule has 1 rings (SSSR count). The summed E-state index contributed by atoms with van der Waals surface area (Å²) >= 11 is 0. The van der Waals surface area contributed by atoms with Crippen LogP contribution < -0.4 is 10.6 Å². The van der Waals surface area contributed by atoms with E-state index in [9.17, 15) is 9.59 Å². The topological polar surface area (TPSA) is 78.4 Å². The van der Waals surface area contributed by atoms with Gasteiger partial charge in [-0.25, -0.2) is 9.59 Å². The standard InChI is InChI=1S/C13H24N2O3/c1-9(2)7-11(12(16)17)15-13(18)14-8-10-5-3-4-6-10/h9-11H,3-8H2,1-2H3,(H,16,17)(H2,14,15,18)/t11-/m0/s1. The molecule has 0 aromatic carbocycles. The summed E-state index contributed by atoms with van der Waals surface area (Å²) in [6, 6.07) is -1.16. The third-order valence-electron chi connectivity index (χ3n) is 3.34. The summed E-state index contributed by atoms with van der Waals surface area (Å²) in [5.74, 6) is -0.176. The average Bonchev–Trinajstić information content (AvgIpc) is 2.77. The SMILES string of the molecule is CC(C)C[C@H](NC(=O)NCC1CCCC1)C(=O)O. The first-order valence-electron chi connectivity index (χ1n) is 6.76. The number of hydrogen-bond acceptors (Lipinski definition) is 2. The zero-order valence-electron chi connectivity index (χ0n) is 11.2. The van der Waals surface area contributed by atoms with Crippen molar-refractivity contribution in [3.63, 3.8) is 0 Å². The Balaban J connectivity index is 2.29. The predicted octanol–water partition coefficient (Wildman–Crippen LogP) is 1.98. The van der Waals surface area contributed by atoms with Crippen LogP contribution in [0, 0.1) is 11.8 Å². The minimum Gasteiger partial charge on any atom is -0.480 e. The molecular formula is C13H24N2O3. The van der Waals surface area contributed by atoms with Crippen molar-refractivity contribution in [1.82, 2.24) is 10.6 Å². The molecule has 5 nitrogen and oxygen atoms in total. The van der Waals surface area contributed by atoms with Gasteiger partial charge in [-0.3, -0.25) is 0 Å². The molecule has 1 aliphatic rings. The Morgan fingerprint density at radius 2 is 1.89 bits per heavy atom. The molecule has 0 spiro atoms. The van der Waals surface area contributed by atoms with E-state index in [1.165, 1.54) is 12.8 Å². The minimum atomic E-state index is -0.972. The molecule has 0 aromatic heterocycles. The number of carbonyl (C=O) groups is 2. The van der Waals surface area contributed by atoms with E-state index in [2.05, 4.69) is 10.6 Å². The second kappa shape index (κ2) is 7.24. The largest absolute Gasteiger partial charge is 0.480 e. The maximum atomic E-state index is 11.6. The van der Waals surface area contributed by atoms with Gasteiger partial charge in [0, 0.05) is 6.54 Å². The second-order valence-corrected chi connectivity index (χ2v) is 5.53. The van der Waals surface area contributed by atoms with Crippen molar-refractivity contribution < 1.29 is 14.7 Å². The molecule has 0 unspecified atom stereocenters. The van der Waals surface area contributed by atoms with E-state index in [-0.39, 0.29) is 11.9 Å². The fraction of sp³-hybridized carbons (Fsp3) is 0.846. The number of carboxylic acid groups (broad SMARTS) is 1. The van der Waals surface area contributed by atoms with Crippen LogP contribution in [0.25, 0.3) is 0 Å². The van der Waals surface area contributed by atoms with Gasteiger partial charge in [-0.15, -0.1) is 0 Å². The van der Waals surface area contributed by atoms with Gasteiger partial charge in [-0.05, 0) is 31.1 Å². The molecule has 0 radical (unpaired) electrons. The number of aliphatic carboxylic acids is 1. The molecule has 104 valence electrons. The monoisotopic (exact) mass is 256 g/mol. The lowest BCUT2D eigenvalue weighted by Crippen LogP contribution is -2.47. The third kappa shape index (κ3) is 5.38. The summed E-state index contributed by atoms with van der Waals surface area (Å²) in [6.07, 6.45) is 5.24. The molecule has 0 saturated heterocycles. The van der Waals surface area contributed by atoms with Gasteiger partial charge < -0.3 is 15.7 Å². The predicted molar refractivity (Wildman–Crippen MR) is 69.4 cm³/mol. The first kappa shape index (κ1) is 14.8. The molecule has 18 heavy (non-hydrogen) atoms. The number of carboxylic acids is 1. The van der Waals surface area contributed by atoms with Crippen molar-refractivity contribution in [2.75, 3.05) is 6.54 Å². The summed E-state index contributed by atoms with van der Waals surface area (Å²) in [4.78, 5) is 22.6. The number of rotatable bonds is 6. The molecule has 3 N–H and O–H groups in total. The molecule has 5 heteroatoms. The van der Waals surface area contributed by atoms with Gasteiger partial charge in [0.05, 0.1) is 0 Å². The smallest absolute Gasteiger partial charge is 0.326 e. The van der Waals surface area contributed by atoms with E-state index < -0.39 is 12.0 Å². The highest BCUT2D eigenvalue weighted by atomic mass is 16.4. The summed E-state index contributed by atoms with van der Waals surface area (Å²) in [6.45, 7) is 4.53. The van der Waals surface area contributed by atoms with Crippen LogP contribution in [-0.2, 0) is 4.79 Å². The zero-order valence-corrected chi connectivity index (χ0v) is 11.2. The Morgan fingerprint density at radius 3 is 2.39 bits per heavy atom. The maximum absolute atomic E-state index is 11.6. The summed E-state index contributed by atoms with van der Waals surface area (Å²) in [5, 5.41) is 14.3. The average molecular weight is 256 g/mol. The molecule has 1 saturated carbocycles. The zero-order chi connectivity index (χ0) is 13.5. The Kier molecular flexibility index (Phi) is 5.95. The lowest BCUT2D eigenvalue weighted by molar-refractivity contribution is -0.139. The molecule has 1 aliphatic carbocycles. The van der Waals surface area contributed by atoms with Crippen LogP contribution in [0.1, 0.15) is 46.0 Å². The van der Waals surface area contributed by atoms with Crippen molar-refractivity contribution in [2.24, 2.45) is 11.8 Å². The van der Waals surface area contributed by atoms with E-state index in [4.69, 9.17) is 5.11 Å². The van der Waals surface area contributed by atoms with E-state index >= 15 is 0 Å². The molecule has 0 heterocycles. The van der Waals surface area contributed by atoms with Crippen LogP contribution in [-0.4, -0.2) is 29.7 Å². The van der Waals surface area contributed by atoms with Crippen LogP contribution in [0.4, 0.5) is 4.79 Å². The lowest BCUT2D eigenvalue weighted by Gasteiger charge is -2.18. The Bertz CT molecular complexity index is 286. The molecule has 0 aliphatic heterocycles. The first-order valence-corrected chi connectivity index (χ1v) is 6.76. The molecule has 1 atom stereocenters. The number of amides is 2. The highest BCUT2D eigenvalue weighted by Gasteiger charge is 2.22. The van der Waals surface area contributed by atoms with Gasteiger partial charge in [0.1, 0.15) is 6.04 Å². The van der Waals surface area contributed by atoms with Gasteiger partial charge in [0.2, 0.25) is 0 Å².